The molecule has 2 amide bonds. The van der Waals surface area contributed by atoms with E-state index in [0.717, 1.165) is 38.4 Å². The number of hydrogen-bond donors (Lipinski definition) is 2. The molecule has 124 valence electrons. The van der Waals surface area contributed by atoms with Gasteiger partial charge in [0.05, 0.1) is 0 Å². The Morgan fingerprint density at radius 3 is 2.64 bits per heavy atom. The molecular weight excluding hydrogens is 319 g/mol. The van der Waals surface area contributed by atoms with Crippen LogP contribution in [0.25, 0.3) is 0 Å². The van der Waals surface area contributed by atoms with Crippen molar-refractivity contribution in [2.24, 2.45) is 5.92 Å². The van der Waals surface area contributed by atoms with E-state index in [-0.39, 0.29) is 5.13 Å². The normalized spacial score (nSPS) is 17.5. The number of rotatable bonds is 4. The molecule has 2 rings (SSSR count). The van der Waals surface area contributed by atoms with Crippen molar-refractivity contribution in [3.63, 3.8) is 0 Å². The minimum Gasteiger partial charge on any atom is -0.337 e. The Labute approximate surface area is 130 Å². The van der Waals surface area contributed by atoms with Crippen LogP contribution in [-0.4, -0.2) is 47.3 Å². The van der Waals surface area contributed by atoms with Crippen molar-refractivity contribution in [1.29, 1.82) is 0 Å². The van der Waals surface area contributed by atoms with E-state index in [1.165, 1.54) is 0 Å². The molecule has 0 atom stereocenters. The molecular formula is C12H18F3N5OS. The number of nitrogens with one attached hydrogen (secondary N) is 2. The van der Waals surface area contributed by atoms with Gasteiger partial charge >= 0.3 is 12.2 Å². The summed E-state index contributed by atoms with van der Waals surface area (Å²) in [5.74, 6) is 0.743. The maximum atomic E-state index is 12.3. The lowest BCUT2D eigenvalue weighted by Gasteiger charge is -2.30. The highest BCUT2D eigenvalue weighted by atomic mass is 32.1. The van der Waals surface area contributed by atoms with Crippen LogP contribution >= 0.6 is 11.3 Å². The van der Waals surface area contributed by atoms with Crippen molar-refractivity contribution in [3.05, 3.63) is 5.01 Å². The third kappa shape index (κ3) is 5.09. The Hall–Kier alpha value is -1.42. The molecule has 1 saturated heterocycles. The summed E-state index contributed by atoms with van der Waals surface area (Å²) in [5.41, 5.74) is 0. The molecule has 1 fully saturated rings. The second kappa shape index (κ2) is 7.23. The van der Waals surface area contributed by atoms with Gasteiger partial charge < -0.3 is 10.2 Å². The van der Waals surface area contributed by atoms with Crippen LogP contribution in [-0.2, 0) is 6.18 Å². The monoisotopic (exact) mass is 337 g/mol. The van der Waals surface area contributed by atoms with Crippen molar-refractivity contribution >= 4 is 22.5 Å². The van der Waals surface area contributed by atoms with Gasteiger partial charge in [0, 0.05) is 13.1 Å². The fourth-order valence-electron chi connectivity index (χ4n) is 2.14. The molecule has 2 heterocycles. The molecule has 10 heteroatoms. The van der Waals surface area contributed by atoms with Crippen LogP contribution in [0.4, 0.5) is 23.1 Å². The van der Waals surface area contributed by atoms with Crippen LogP contribution in [0.15, 0.2) is 0 Å². The number of alkyl halides is 3. The quantitative estimate of drug-likeness (QED) is 0.885. The highest BCUT2D eigenvalue weighted by molar-refractivity contribution is 7.15. The van der Waals surface area contributed by atoms with E-state index < -0.39 is 17.2 Å². The van der Waals surface area contributed by atoms with Gasteiger partial charge in [-0.3, -0.25) is 5.32 Å². The van der Waals surface area contributed by atoms with Crippen molar-refractivity contribution in [3.8, 4) is 0 Å². The van der Waals surface area contributed by atoms with E-state index in [1.807, 2.05) is 0 Å². The molecule has 0 saturated carbocycles. The standard InChI is InChI=1S/C12H18F3N5OS/c1-8-2-5-20(6-3-8)7-4-16-10(21)17-11-19-18-9(22-11)12(13,14)15/h8H,2-7H2,1H3,(H2,16,17,19,21). The first-order valence-electron chi connectivity index (χ1n) is 7.02. The number of carbonyl (C=O) groups is 1. The largest absolute Gasteiger partial charge is 0.445 e. The molecule has 1 aromatic rings. The molecule has 22 heavy (non-hydrogen) atoms. The fourth-order valence-corrected chi connectivity index (χ4v) is 2.75. The third-order valence-electron chi connectivity index (χ3n) is 3.48. The van der Waals surface area contributed by atoms with E-state index >= 15 is 0 Å². The lowest BCUT2D eigenvalue weighted by Crippen LogP contribution is -2.40. The van der Waals surface area contributed by atoms with Gasteiger partial charge in [0.1, 0.15) is 0 Å². The van der Waals surface area contributed by atoms with Crippen molar-refractivity contribution < 1.29 is 18.0 Å². The molecule has 0 spiro atoms. The third-order valence-corrected chi connectivity index (χ3v) is 4.36. The molecule has 1 aromatic heterocycles. The van der Waals surface area contributed by atoms with Crippen molar-refractivity contribution in [2.75, 3.05) is 31.5 Å². The Balaban J connectivity index is 1.68. The van der Waals surface area contributed by atoms with E-state index in [4.69, 9.17) is 0 Å². The number of amides is 2. The van der Waals surface area contributed by atoms with Crippen molar-refractivity contribution in [2.45, 2.75) is 25.9 Å². The molecule has 2 N–H and O–H groups in total. The summed E-state index contributed by atoms with van der Waals surface area (Å²) < 4.78 is 37.0. The van der Waals surface area contributed by atoms with Gasteiger partial charge in [0.2, 0.25) is 10.1 Å². The number of carbonyl (C=O) groups excluding carboxylic acids is 1. The second-order valence-corrected chi connectivity index (χ2v) is 6.29. The van der Waals surface area contributed by atoms with Gasteiger partial charge in [-0.05, 0) is 31.8 Å². The van der Waals surface area contributed by atoms with E-state index in [9.17, 15) is 18.0 Å². The Morgan fingerprint density at radius 2 is 2.05 bits per heavy atom. The topological polar surface area (TPSA) is 70.2 Å². The van der Waals surface area contributed by atoms with Crippen molar-refractivity contribution in [1.82, 2.24) is 20.4 Å². The smallest absolute Gasteiger partial charge is 0.337 e. The summed E-state index contributed by atoms with van der Waals surface area (Å²) in [4.78, 5) is 13.8. The number of urea groups is 1. The molecule has 0 unspecified atom stereocenters. The lowest BCUT2D eigenvalue weighted by atomic mass is 9.99. The zero-order valence-corrected chi connectivity index (χ0v) is 12.9. The van der Waals surface area contributed by atoms with E-state index in [2.05, 4.69) is 32.7 Å². The molecule has 0 bridgehead atoms. The summed E-state index contributed by atoms with van der Waals surface area (Å²) in [6.45, 7) is 5.40. The molecule has 0 aromatic carbocycles. The van der Waals surface area contributed by atoms with Crippen LogP contribution in [0.5, 0.6) is 0 Å². The first-order valence-corrected chi connectivity index (χ1v) is 7.84. The number of likely N-dealkylation sites (tertiary alicyclic amines) is 1. The number of aromatic nitrogens is 2. The van der Waals surface area contributed by atoms with Gasteiger partial charge in [-0.2, -0.15) is 13.2 Å². The maximum Gasteiger partial charge on any atom is 0.445 e. The van der Waals surface area contributed by atoms with Crippen LogP contribution < -0.4 is 10.6 Å². The summed E-state index contributed by atoms with van der Waals surface area (Å²) >= 11 is 0.300. The molecule has 0 radical (unpaired) electrons. The average Bonchev–Trinajstić information content (AvgIpc) is 2.89. The SMILES string of the molecule is CC1CCN(CCNC(=O)Nc2nnc(C(F)(F)F)s2)CC1. The highest BCUT2D eigenvalue weighted by Crippen LogP contribution is 2.32. The first kappa shape index (κ1) is 16.9. The number of hydrogen-bond acceptors (Lipinski definition) is 5. The van der Waals surface area contributed by atoms with Crippen LogP contribution in [0.2, 0.25) is 0 Å². The van der Waals surface area contributed by atoms with Crippen LogP contribution in [0, 0.1) is 5.92 Å². The summed E-state index contributed by atoms with van der Waals surface area (Å²) in [7, 11) is 0. The maximum absolute atomic E-state index is 12.3. The molecule has 1 aliphatic heterocycles. The Morgan fingerprint density at radius 1 is 1.36 bits per heavy atom. The zero-order chi connectivity index (χ0) is 16.2. The molecule has 0 aliphatic carbocycles. The summed E-state index contributed by atoms with van der Waals surface area (Å²) in [5, 5.41) is 9.90. The highest BCUT2D eigenvalue weighted by Gasteiger charge is 2.35. The van der Waals surface area contributed by atoms with Gasteiger partial charge in [0.25, 0.3) is 0 Å². The zero-order valence-electron chi connectivity index (χ0n) is 12.1. The van der Waals surface area contributed by atoms with Gasteiger partial charge in [-0.25, -0.2) is 4.79 Å². The number of piperidine rings is 1. The van der Waals surface area contributed by atoms with Gasteiger partial charge in [-0.15, -0.1) is 10.2 Å². The summed E-state index contributed by atoms with van der Waals surface area (Å²) in [6, 6.07) is -0.574. The van der Waals surface area contributed by atoms with Gasteiger partial charge in [-0.1, -0.05) is 18.3 Å². The lowest BCUT2D eigenvalue weighted by molar-refractivity contribution is -0.138. The Kier molecular flexibility index (Phi) is 5.57. The predicted octanol–water partition coefficient (Wildman–Crippen LogP) is 2.41. The predicted molar refractivity (Wildman–Crippen MR) is 76.8 cm³/mol. The molecule has 6 nitrogen and oxygen atoms in total. The minimum absolute atomic E-state index is 0.170. The molecule has 1 aliphatic rings. The number of nitrogens with zero attached hydrogens (tertiary/aromatic N) is 3. The summed E-state index contributed by atoms with van der Waals surface area (Å²) in [6.07, 6.45) is -2.24. The average molecular weight is 337 g/mol. The first-order chi connectivity index (χ1) is 10.3. The van der Waals surface area contributed by atoms with E-state index in [1.54, 1.807) is 0 Å². The van der Waals surface area contributed by atoms with Gasteiger partial charge in [0.15, 0.2) is 0 Å². The second-order valence-electron chi connectivity index (χ2n) is 5.32. The van der Waals surface area contributed by atoms with Crippen LogP contribution in [0.1, 0.15) is 24.8 Å². The Bertz CT molecular complexity index is 499. The minimum atomic E-state index is -4.54. The number of halogens is 3. The number of anilines is 1. The fraction of sp³-hybridized carbons (Fsp3) is 0.750. The van der Waals surface area contributed by atoms with Crippen LogP contribution in [0.3, 0.4) is 0 Å². The van der Waals surface area contributed by atoms with E-state index in [0.29, 0.717) is 17.9 Å².